The molecule has 0 radical (unpaired) electrons. The first kappa shape index (κ1) is 15.9. The summed E-state index contributed by atoms with van der Waals surface area (Å²) in [5, 5.41) is 7.73. The Morgan fingerprint density at radius 1 is 1.29 bits per heavy atom. The lowest BCUT2D eigenvalue weighted by molar-refractivity contribution is -0.00922. The monoisotopic (exact) mass is 346 g/mol. The van der Waals surface area contributed by atoms with Crippen LogP contribution in [-0.4, -0.2) is 74.5 Å². The number of ether oxygens (including phenoxy) is 1. The van der Waals surface area contributed by atoms with Crippen molar-refractivity contribution in [3.63, 3.8) is 0 Å². The van der Waals surface area contributed by atoms with Crippen LogP contribution in [0.25, 0.3) is 5.82 Å². The van der Waals surface area contributed by atoms with Gasteiger partial charge in [0.1, 0.15) is 5.82 Å². The van der Waals surface area contributed by atoms with Crippen LogP contribution in [0.15, 0.2) is 30.9 Å². The van der Waals surface area contributed by atoms with Gasteiger partial charge in [-0.05, 0) is 18.2 Å². The van der Waals surface area contributed by atoms with Crippen molar-refractivity contribution >= 4 is 17.6 Å². The normalized spacial score (nSPS) is 25.0. The molecule has 7 nitrogen and oxygen atoms in total. The van der Waals surface area contributed by atoms with Gasteiger partial charge in [0.15, 0.2) is 5.82 Å². The predicted octanol–water partition coefficient (Wildman–Crippen LogP) is 1.28. The number of rotatable bonds is 5. The molecule has 128 valence electrons. The summed E-state index contributed by atoms with van der Waals surface area (Å²) in [7, 11) is 0. The fourth-order valence-electron chi connectivity index (χ4n) is 3.35. The summed E-state index contributed by atoms with van der Waals surface area (Å²) < 4.78 is 7.25. The lowest BCUT2D eigenvalue weighted by Gasteiger charge is -2.43. The lowest BCUT2D eigenvalue weighted by Crippen LogP contribution is -2.57. The van der Waals surface area contributed by atoms with E-state index in [1.54, 1.807) is 23.3 Å². The van der Waals surface area contributed by atoms with E-state index in [2.05, 4.69) is 25.3 Å². The van der Waals surface area contributed by atoms with Gasteiger partial charge in [-0.3, -0.25) is 9.88 Å². The molecule has 4 rings (SSSR count). The van der Waals surface area contributed by atoms with Gasteiger partial charge in [0.05, 0.1) is 25.6 Å². The Kier molecular flexibility index (Phi) is 4.68. The van der Waals surface area contributed by atoms with Gasteiger partial charge in [-0.25, -0.2) is 9.67 Å². The molecule has 0 spiro atoms. The van der Waals surface area contributed by atoms with E-state index < -0.39 is 0 Å². The molecular weight excluding hydrogens is 324 g/mol. The molecule has 2 aromatic rings. The number of anilines is 1. The molecule has 2 aliphatic heterocycles. The number of aromatic nitrogens is 4. The van der Waals surface area contributed by atoms with Crippen LogP contribution in [0.3, 0.4) is 0 Å². The number of morpholine rings is 1. The van der Waals surface area contributed by atoms with Crippen molar-refractivity contribution in [2.24, 2.45) is 0 Å². The highest BCUT2D eigenvalue weighted by atomic mass is 32.2. The standard InChI is InChI=1S/C16H22N6OS/c1-3-19-22(4-1)15-11-17-10-14(20-15)18-12-16(2-9-24-13-16)21-5-7-23-8-6-21/h1,3-4,10-11H,2,5-9,12-13H2,(H,18,20)/t16-/m0/s1. The largest absolute Gasteiger partial charge is 0.379 e. The number of thioether (sulfide) groups is 1. The number of hydrogen-bond acceptors (Lipinski definition) is 7. The first-order chi connectivity index (χ1) is 11.9. The van der Waals surface area contributed by atoms with Gasteiger partial charge >= 0.3 is 0 Å². The summed E-state index contributed by atoms with van der Waals surface area (Å²) in [6, 6.07) is 1.88. The van der Waals surface area contributed by atoms with Gasteiger partial charge in [-0.15, -0.1) is 0 Å². The first-order valence-electron chi connectivity index (χ1n) is 8.32. The summed E-state index contributed by atoms with van der Waals surface area (Å²) >= 11 is 2.04. The maximum atomic E-state index is 5.52. The minimum atomic E-state index is 0.192. The molecule has 2 fully saturated rings. The summed E-state index contributed by atoms with van der Waals surface area (Å²) in [4.78, 5) is 11.5. The van der Waals surface area contributed by atoms with Crippen LogP contribution in [0.4, 0.5) is 5.82 Å². The Bertz CT molecular complexity index is 652. The molecule has 0 bridgehead atoms. The number of nitrogens with one attached hydrogen (secondary N) is 1. The summed E-state index contributed by atoms with van der Waals surface area (Å²) in [5.41, 5.74) is 0.192. The van der Waals surface area contributed by atoms with Gasteiger partial charge in [-0.1, -0.05) is 0 Å². The second kappa shape index (κ2) is 7.08. The lowest BCUT2D eigenvalue weighted by atomic mass is 9.95. The third kappa shape index (κ3) is 3.26. The van der Waals surface area contributed by atoms with E-state index in [0.29, 0.717) is 0 Å². The minimum absolute atomic E-state index is 0.192. The highest BCUT2D eigenvalue weighted by Crippen LogP contribution is 2.34. The smallest absolute Gasteiger partial charge is 0.173 e. The molecule has 0 amide bonds. The van der Waals surface area contributed by atoms with Gasteiger partial charge < -0.3 is 10.1 Å². The third-order valence-corrected chi connectivity index (χ3v) is 5.96. The molecule has 0 saturated carbocycles. The Balaban J connectivity index is 1.47. The van der Waals surface area contributed by atoms with Crippen LogP contribution >= 0.6 is 11.8 Å². The van der Waals surface area contributed by atoms with E-state index in [1.165, 1.54) is 12.2 Å². The van der Waals surface area contributed by atoms with E-state index >= 15 is 0 Å². The number of hydrogen-bond donors (Lipinski definition) is 1. The fraction of sp³-hybridized carbons (Fsp3) is 0.562. The van der Waals surface area contributed by atoms with Crippen molar-refractivity contribution in [1.29, 1.82) is 0 Å². The Morgan fingerprint density at radius 2 is 2.21 bits per heavy atom. The van der Waals surface area contributed by atoms with E-state index in [1.807, 2.05) is 24.0 Å². The minimum Gasteiger partial charge on any atom is -0.379 e. The molecule has 2 saturated heterocycles. The fourth-order valence-corrected chi connectivity index (χ4v) is 4.82. The molecule has 1 atom stereocenters. The van der Waals surface area contributed by atoms with E-state index in [0.717, 1.165) is 50.2 Å². The molecule has 24 heavy (non-hydrogen) atoms. The predicted molar refractivity (Wildman–Crippen MR) is 94.7 cm³/mol. The molecule has 0 aromatic carbocycles. The van der Waals surface area contributed by atoms with Crippen LogP contribution in [0, 0.1) is 0 Å². The summed E-state index contributed by atoms with van der Waals surface area (Å²) in [6.07, 6.45) is 8.32. The SMILES string of the molecule is c1cnn(-c2cncc(NC[C@@]3(N4CCOCC4)CCSC3)n2)c1. The molecule has 4 heterocycles. The van der Waals surface area contributed by atoms with Gasteiger partial charge in [0.2, 0.25) is 0 Å². The Morgan fingerprint density at radius 3 is 2.96 bits per heavy atom. The molecule has 2 aliphatic rings. The van der Waals surface area contributed by atoms with Crippen molar-refractivity contribution < 1.29 is 4.74 Å². The quantitative estimate of drug-likeness (QED) is 0.875. The molecule has 0 unspecified atom stereocenters. The zero-order chi connectivity index (χ0) is 16.2. The zero-order valence-corrected chi connectivity index (χ0v) is 14.4. The van der Waals surface area contributed by atoms with Gasteiger partial charge in [-0.2, -0.15) is 16.9 Å². The van der Waals surface area contributed by atoms with Crippen molar-refractivity contribution in [2.75, 3.05) is 49.7 Å². The van der Waals surface area contributed by atoms with Crippen LogP contribution in [0.5, 0.6) is 0 Å². The molecule has 2 aromatic heterocycles. The van der Waals surface area contributed by atoms with Crippen molar-refractivity contribution in [3.05, 3.63) is 30.9 Å². The Hall–Kier alpha value is -1.64. The topological polar surface area (TPSA) is 68.1 Å². The average Bonchev–Trinajstić information content (AvgIpc) is 3.34. The molecular formula is C16H22N6OS. The number of nitrogens with zero attached hydrogens (tertiary/aromatic N) is 5. The average molecular weight is 346 g/mol. The van der Waals surface area contributed by atoms with Crippen LogP contribution < -0.4 is 5.32 Å². The second-order valence-corrected chi connectivity index (χ2v) is 7.30. The van der Waals surface area contributed by atoms with Crippen molar-refractivity contribution in [1.82, 2.24) is 24.6 Å². The summed E-state index contributed by atoms with van der Waals surface area (Å²) in [6.45, 7) is 4.59. The summed E-state index contributed by atoms with van der Waals surface area (Å²) in [5.74, 6) is 3.91. The van der Waals surface area contributed by atoms with Crippen LogP contribution in [0.1, 0.15) is 6.42 Å². The van der Waals surface area contributed by atoms with Crippen molar-refractivity contribution in [2.45, 2.75) is 12.0 Å². The Labute approximate surface area is 145 Å². The van der Waals surface area contributed by atoms with Gasteiger partial charge in [0.25, 0.3) is 0 Å². The zero-order valence-electron chi connectivity index (χ0n) is 13.6. The molecule has 8 heteroatoms. The highest BCUT2D eigenvalue weighted by molar-refractivity contribution is 7.99. The van der Waals surface area contributed by atoms with E-state index in [-0.39, 0.29) is 5.54 Å². The van der Waals surface area contributed by atoms with E-state index in [4.69, 9.17) is 4.74 Å². The van der Waals surface area contributed by atoms with Crippen LogP contribution in [0.2, 0.25) is 0 Å². The highest BCUT2D eigenvalue weighted by Gasteiger charge is 2.40. The van der Waals surface area contributed by atoms with E-state index in [9.17, 15) is 0 Å². The maximum Gasteiger partial charge on any atom is 0.173 e. The maximum absolute atomic E-state index is 5.52. The second-order valence-electron chi connectivity index (χ2n) is 6.19. The first-order valence-corrected chi connectivity index (χ1v) is 9.48. The molecule has 1 N–H and O–H groups in total. The van der Waals surface area contributed by atoms with Crippen LogP contribution in [-0.2, 0) is 4.74 Å². The van der Waals surface area contributed by atoms with Crippen molar-refractivity contribution in [3.8, 4) is 5.82 Å². The molecule has 0 aliphatic carbocycles. The van der Waals surface area contributed by atoms with Gasteiger partial charge in [0, 0.05) is 43.3 Å². The third-order valence-electron chi connectivity index (χ3n) is 4.72.